The molecule has 6 nitrogen and oxygen atoms in total. The summed E-state index contributed by atoms with van der Waals surface area (Å²) in [6, 6.07) is 5.63. The Bertz CT molecular complexity index is 491. The number of nitrogen functional groups attached to an aromatic ring is 1. The van der Waals surface area contributed by atoms with Gasteiger partial charge in [0, 0.05) is 0 Å². The van der Waals surface area contributed by atoms with Crippen molar-refractivity contribution in [2.75, 3.05) is 30.6 Å². The Hall–Kier alpha value is -1.79. The summed E-state index contributed by atoms with van der Waals surface area (Å²) in [6.45, 7) is 2.80. The quantitative estimate of drug-likeness (QED) is 0.746. The van der Waals surface area contributed by atoms with Crippen LogP contribution >= 0.6 is 0 Å². The molecule has 0 fully saturated rings. The molecule has 0 atom stereocenters. The summed E-state index contributed by atoms with van der Waals surface area (Å²) in [5.41, 5.74) is 7.24. The molecule has 0 spiro atoms. The number of pyridine rings is 1. The second-order valence-electron chi connectivity index (χ2n) is 3.52. The van der Waals surface area contributed by atoms with Gasteiger partial charge in [0.15, 0.2) is 5.82 Å². The summed E-state index contributed by atoms with van der Waals surface area (Å²) in [5.74, 6) is 0.745. The summed E-state index contributed by atoms with van der Waals surface area (Å²) in [4.78, 5) is 5.46. The molecule has 0 aromatic carbocycles. The van der Waals surface area contributed by atoms with Gasteiger partial charge in [-0.3, -0.25) is 4.84 Å². The van der Waals surface area contributed by atoms with Gasteiger partial charge in [0.05, 0.1) is 37.2 Å². The predicted molar refractivity (Wildman–Crippen MR) is 65.7 cm³/mol. The number of anilines is 2. The highest BCUT2D eigenvalue weighted by atomic mass is 16.7. The highest BCUT2D eigenvalue weighted by molar-refractivity contribution is 5.70. The van der Waals surface area contributed by atoms with Crippen LogP contribution in [0.5, 0.6) is 0 Å². The Morgan fingerprint density at radius 3 is 3.06 bits per heavy atom. The van der Waals surface area contributed by atoms with Gasteiger partial charge in [0.25, 0.3) is 0 Å². The van der Waals surface area contributed by atoms with E-state index in [1.807, 2.05) is 25.1 Å². The fourth-order valence-corrected chi connectivity index (χ4v) is 1.70. The van der Waals surface area contributed by atoms with Gasteiger partial charge in [-0.1, -0.05) is 6.07 Å². The first-order chi connectivity index (χ1) is 8.27. The van der Waals surface area contributed by atoms with Crippen LogP contribution in [0.4, 0.5) is 11.5 Å². The van der Waals surface area contributed by atoms with E-state index in [0.717, 1.165) is 11.3 Å². The summed E-state index contributed by atoms with van der Waals surface area (Å²) in [6.07, 6.45) is 1.60. The highest BCUT2D eigenvalue weighted by Crippen LogP contribution is 2.20. The molecule has 6 heteroatoms. The first-order valence-corrected chi connectivity index (χ1v) is 5.51. The molecule has 17 heavy (non-hydrogen) atoms. The number of aromatic nitrogens is 2. The van der Waals surface area contributed by atoms with E-state index in [1.54, 1.807) is 15.8 Å². The number of aliphatic hydroxyl groups excluding tert-OH is 1. The van der Waals surface area contributed by atoms with Crippen LogP contribution in [0.15, 0.2) is 24.4 Å². The third-order valence-corrected chi connectivity index (χ3v) is 2.40. The van der Waals surface area contributed by atoms with Crippen LogP contribution in [-0.4, -0.2) is 34.5 Å². The fraction of sp³-hybridized carbons (Fsp3) is 0.364. The van der Waals surface area contributed by atoms with E-state index < -0.39 is 0 Å². The SMILES string of the molecule is CCON(CCO)c1cccc2c(N)cnn12. The Labute approximate surface area is 99.2 Å². The van der Waals surface area contributed by atoms with Gasteiger partial charge in [-0.15, -0.1) is 0 Å². The van der Waals surface area contributed by atoms with Crippen molar-refractivity contribution in [3.63, 3.8) is 0 Å². The molecule has 2 rings (SSSR count). The maximum atomic E-state index is 9.03. The third kappa shape index (κ3) is 2.17. The van der Waals surface area contributed by atoms with Crippen molar-refractivity contribution < 1.29 is 9.94 Å². The summed E-state index contributed by atoms with van der Waals surface area (Å²) >= 11 is 0. The normalized spacial score (nSPS) is 10.9. The van der Waals surface area contributed by atoms with Gasteiger partial charge >= 0.3 is 0 Å². The number of aliphatic hydroxyl groups is 1. The highest BCUT2D eigenvalue weighted by Gasteiger charge is 2.11. The molecule has 2 aromatic heterocycles. The van der Waals surface area contributed by atoms with Crippen LogP contribution in [0.1, 0.15) is 6.92 Å². The van der Waals surface area contributed by atoms with E-state index in [9.17, 15) is 0 Å². The van der Waals surface area contributed by atoms with E-state index in [1.165, 1.54) is 0 Å². The van der Waals surface area contributed by atoms with Crippen LogP contribution in [0, 0.1) is 0 Å². The van der Waals surface area contributed by atoms with Crippen LogP contribution in [-0.2, 0) is 4.84 Å². The molecule has 0 aliphatic rings. The number of nitrogens with two attached hydrogens (primary N) is 1. The van der Waals surface area contributed by atoms with Crippen molar-refractivity contribution >= 4 is 17.0 Å². The minimum absolute atomic E-state index is 0.00708. The van der Waals surface area contributed by atoms with E-state index >= 15 is 0 Å². The molecule has 0 unspecified atom stereocenters. The van der Waals surface area contributed by atoms with Gasteiger partial charge in [-0.05, 0) is 19.1 Å². The maximum absolute atomic E-state index is 9.03. The number of hydroxylamine groups is 1. The van der Waals surface area contributed by atoms with Crippen molar-refractivity contribution in [1.82, 2.24) is 9.61 Å². The van der Waals surface area contributed by atoms with Gasteiger partial charge in [-0.2, -0.15) is 5.10 Å². The summed E-state index contributed by atoms with van der Waals surface area (Å²) in [7, 11) is 0. The number of hydrogen-bond acceptors (Lipinski definition) is 5. The smallest absolute Gasteiger partial charge is 0.154 e. The van der Waals surface area contributed by atoms with Gasteiger partial charge in [0.1, 0.15) is 0 Å². The lowest BCUT2D eigenvalue weighted by atomic mass is 10.3. The fourth-order valence-electron chi connectivity index (χ4n) is 1.70. The Morgan fingerprint density at radius 1 is 1.53 bits per heavy atom. The van der Waals surface area contributed by atoms with Crippen LogP contribution < -0.4 is 10.8 Å². The molecular weight excluding hydrogens is 220 g/mol. The monoisotopic (exact) mass is 236 g/mol. The molecule has 0 amide bonds. The maximum Gasteiger partial charge on any atom is 0.154 e. The number of fused-ring (bicyclic) bond motifs is 1. The lowest BCUT2D eigenvalue weighted by Crippen LogP contribution is -2.28. The molecular formula is C11H16N4O2. The number of rotatable bonds is 5. The zero-order chi connectivity index (χ0) is 12.3. The molecule has 0 saturated carbocycles. The van der Waals surface area contributed by atoms with Gasteiger partial charge in [0.2, 0.25) is 0 Å². The summed E-state index contributed by atoms with van der Waals surface area (Å²) in [5, 5.41) is 14.8. The second kappa shape index (κ2) is 5.03. The van der Waals surface area contributed by atoms with Crippen molar-refractivity contribution in [2.24, 2.45) is 0 Å². The summed E-state index contributed by atoms with van der Waals surface area (Å²) < 4.78 is 1.70. The van der Waals surface area contributed by atoms with Crippen molar-refractivity contribution in [1.29, 1.82) is 0 Å². The largest absolute Gasteiger partial charge is 0.396 e. The predicted octanol–water partition coefficient (Wildman–Crippen LogP) is 0.667. The van der Waals surface area contributed by atoms with Crippen LogP contribution in [0.3, 0.4) is 0 Å². The van der Waals surface area contributed by atoms with Crippen LogP contribution in [0.2, 0.25) is 0 Å². The Kier molecular flexibility index (Phi) is 3.46. The van der Waals surface area contributed by atoms with Gasteiger partial charge < -0.3 is 10.8 Å². The molecule has 2 aromatic rings. The zero-order valence-electron chi connectivity index (χ0n) is 9.71. The van der Waals surface area contributed by atoms with Crippen LogP contribution in [0.25, 0.3) is 5.52 Å². The standard InChI is InChI=1S/C11H16N4O2/c1-2-17-14(6-7-16)11-5-3-4-10-9(12)8-13-15(10)11/h3-5,8,16H,2,6-7,12H2,1H3. The topological polar surface area (TPSA) is 76.0 Å². The third-order valence-electron chi connectivity index (χ3n) is 2.40. The van der Waals surface area contributed by atoms with Crippen molar-refractivity contribution in [3.05, 3.63) is 24.4 Å². The molecule has 3 N–H and O–H groups in total. The first-order valence-electron chi connectivity index (χ1n) is 5.51. The van der Waals surface area contributed by atoms with E-state index in [4.69, 9.17) is 15.7 Å². The average molecular weight is 236 g/mol. The second-order valence-corrected chi connectivity index (χ2v) is 3.52. The minimum atomic E-state index is 0.00708. The zero-order valence-corrected chi connectivity index (χ0v) is 9.71. The van der Waals surface area contributed by atoms with Gasteiger partial charge in [-0.25, -0.2) is 9.58 Å². The minimum Gasteiger partial charge on any atom is -0.396 e. The van der Waals surface area contributed by atoms with Crippen molar-refractivity contribution in [3.8, 4) is 0 Å². The Morgan fingerprint density at radius 2 is 2.35 bits per heavy atom. The lowest BCUT2D eigenvalue weighted by Gasteiger charge is -2.22. The average Bonchev–Trinajstić information content (AvgIpc) is 2.71. The van der Waals surface area contributed by atoms with Crippen molar-refractivity contribution in [2.45, 2.75) is 6.92 Å². The van der Waals surface area contributed by atoms with E-state index in [0.29, 0.717) is 18.8 Å². The van der Waals surface area contributed by atoms with E-state index in [2.05, 4.69) is 5.10 Å². The molecule has 0 aliphatic carbocycles. The molecule has 0 saturated heterocycles. The number of nitrogens with zero attached hydrogens (tertiary/aromatic N) is 3. The first kappa shape index (κ1) is 11.7. The molecule has 0 bridgehead atoms. The van der Waals surface area contributed by atoms with E-state index in [-0.39, 0.29) is 6.61 Å². The lowest BCUT2D eigenvalue weighted by molar-refractivity contribution is 0.105. The molecule has 92 valence electrons. The molecule has 0 aliphatic heterocycles. The Balaban J connectivity index is 2.44. The number of hydrogen-bond donors (Lipinski definition) is 2. The molecule has 0 radical (unpaired) electrons. The molecule has 2 heterocycles.